The number of halogens is 1. The molecule has 32 heavy (non-hydrogen) atoms. The zero-order valence-corrected chi connectivity index (χ0v) is 17.6. The maximum atomic E-state index is 15.1. The molecule has 0 unspecified atom stereocenters. The van der Waals surface area contributed by atoms with Gasteiger partial charge in [-0.05, 0) is 12.1 Å². The van der Waals surface area contributed by atoms with E-state index < -0.39 is 11.7 Å². The number of hydrogen-bond donors (Lipinski definition) is 1. The minimum atomic E-state index is -0.688. The lowest BCUT2D eigenvalue weighted by atomic mass is 10.2. The highest BCUT2D eigenvalue weighted by atomic mass is 19.1. The maximum Gasteiger partial charge on any atom is 0.237 e. The number of hydrogen-bond acceptors (Lipinski definition) is 8. The van der Waals surface area contributed by atoms with Crippen LogP contribution in [0.5, 0.6) is 11.5 Å². The van der Waals surface area contributed by atoms with Gasteiger partial charge >= 0.3 is 0 Å². The van der Waals surface area contributed by atoms with Crippen molar-refractivity contribution < 1.29 is 18.7 Å². The first-order chi connectivity index (χ1) is 15.4. The summed E-state index contributed by atoms with van der Waals surface area (Å²) in [7, 11) is 4.58. The van der Waals surface area contributed by atoms with Gasteiger partial charge in [0.1, 0.15) is 23.6 Å². The Morgan fingerprint density at radius 3 is 2.66 bits per heavy atom. The number of primary amides is 1. The van der Waals surface area contributed by atoms with Crippen LogP contribution in [-0.4, -0.2) is 51.4 Å². The van der Waals surface area contributed by atoms with E-state index in [0.717, 1.165) is 5.56 Å². The number of aryl methyl sites for hydroxylation is 1. The van der Waals surface area contributed by atoms with E-state index in [2.05, 4.69) is 20.1 Å². The number of amides is 1. The Bertz CT molecular complexity index is 1310. The molecule has 1 amide bonds. The summed E-state index contributed by atoms with van der Waals surface area (Å²) in [6.45, 7) is -0.332. The Balaban J connectivity index is 1.85. The van der Waals surface area contributed by atoms with Crippen molar-refractivity contribution in [2.24, 2.45) is 12.8 Å². The number of benzene rings is 1. The standard InChI is InChI=1S/C21H20FN7O3/c1-28-10-12(8-25-28)15-9-24-14-4-5-19(27-21(14)26-15)29(11-18(23)30)16-6-13(31-2)7-17(32-3)20(16)22/h4-10H,11H2,1-3H3,(H2,23,30). The molecule has 0 bridgehead atoms. The SMILES string of the molecule is COc1cc(OC)c(F)c(N(CC(N)=O)c2ccc3ncc(-c4cnn(C)c4)nc3n2)c1. The van der Waals surface area contributed by atoms with Crippen molar-refractivity contribution in [2.45, 2.75) is 0 Å². The highest BCUT2D eigenvalue weighted by Crippen LogP contribution is 2.36. The average molecular weight is 437 g/mol. The molecule has 3 aromatic heterocycles. The Morgan fingerprint density at radius 2 is 2.00 bits per heavy atom. The summed E-state index contributed by atoms with van der Waals surface area (Å²) in [5.74, 6) is -0.821. The van der Waals surface area contributed by atoms with Crippen LogP contribution in [0.25, 0.3) is 22.4 Å². The Morgan fingerprint density at radius 1 is 1.19 bits per heavy atom. The van der Waals surface area contributed by atoms with E-state index in [1.165, 1.54) is 31.3 Å². The normalized spacial score (nSPS) is 10.9. The number of nitrogens with two attached hydrogens (primary N) is 1. The molecule has 4 aromatic rings. The van der Waals surface area contributed by atoms with Gasteiger partial charge < -0.3 is 20.1 Å². The van der Waals surface area contributed by atoms with Crippen LogP contribution in [0, 0.1) is 5.82 Å². The molecule has 0 spiro atoms. The summed E-state index contributed by atoms with van der Waals surface area (Å²) in [6, 6.07) is 6.13. The van der Waals surface area contributed by atoms with E-state index in [4.69, 9.17) is 15.2 Å². The van der Waals surface area contributed by atoms with Crippen molar-refractivity contribution in [2.75, 3.05) is 25.7 Å². The number of aromatic nitrogens is 5. The second kappa shape index (κ2) is 8.46. The number of methoxy groups -OCH3 is 2. The number of carbonyl (C=O) groups is 1. The molecule has 10 nitrogen and oxygen atoms in total. The first-order valence-electron chi connectivity index (χ1n) is 9.49. The molecule has 3 heterocycles. The lowest BCUT2D eigenvalue weighted by molar-refractivity contribution is -0.116. The second-order valence-electron chi connectivity index (χ2n) is 6.89. The topological polar surface area (TPSA) is 121 Å². The third kappa shape index (κ3) is 4.00. The number of carbonyl (C=O) groups excluding carboxylic acids is 1. The molecule has 0 saturated heterocycles. The number of rotatable bonds is 7. The molecule has 0 radical (unpaired) electrons. The molecule has 0 saturated carbocycles. The van der Waals surface area contributed by atoms with Crippen LogP contribution < -0.4 is 20.1 Å². The Hall–Kier alpha value is -4.28. The van der Waals surface area contributed by atoms with Crippen LogP contribution in [0.15, 0.2) is 42.9 Å². The third-order valence-electron chi connectivity index (χ3n) is 4.72. The van der Waals surface area contributed by atoms with Gasteiger partial charge in [0.2, 0.25) is 5.91 Å². The van der Waals surface area contributed by atoms with Crippen LogP contribution in [0.3, 0.4) is 0 Å². The number of nitrogens with zero attached hydrogens (tertiary/aromatic N) is 6. The van der Waals surface area contributed by atoms with E-state index in [9.17, 15) is 4.79 Å². The fraction of sp³-hybridized carbons (Fsp3) is 0.190. The zero-order valence-electron chi connectivity index (χ0n) is 17.6. The van der Waals surface area contributed by atoms with Crippen molar-refractivity contribution in [3.63, 3.8) is 0 Å². The van der Waals surface area contributed by atoms with Gasteiger partial charge in [-0.15, -0.1) is 0 Å². The van der Waals surface area contributed by atoms with Crippen LogP contribution >= 0.6 is 0 Å². The van der Waals surface area contributed by atoms with Crippen molar-refractivity contribution in [1.82, 2.24) is 24.7 Å². The van der Waals surface area contributed by atoms with E-state index >= 15 is 4.39 Å². The van der Waals surface area contributed by atoms with Crippen molar-refractivity contribution in [1.29, 1.82) is 0 Å². The smallest absolute Gasteiger partial charge is 0.237 e. The number of anilines is 2. The van der Waals surface area contributed by atoms with E-state index in [-0.39, 0.29) is 23.8 Å². The van der Waals surface area contributed by atoms with Gasteiger partial charge in [0.05, 0.1) is 38.0 Å². The fourth-order valence-corrected chi connectivity index (χ4v) is 3.20. The number of fused-ring (bicyclic) bond motifs is 1. The molecular formula is C21H20FN7O3. The van der Waals surface area contributed by atoms with Gasteiger partial charge in [-0.2, -0.15) is 5.10 Å². The second-order valence-corrected chi connectivity index (χ2v) is 6.89. The minimum Gasteiger partial charge on any atom is -0.497 e. The van der Waals surface area contributed by atoms with E-state index in [1.807, 2.05) is 0 Å². The molecule has 2 N–H and O–H groups in total. The molecule has 0 aliphatic rings. The van der Waals surface area contributed by atoms with E-state index in [1.54, 1.807) is 42.5 Å². The molecular weight excluding hydrogens is 417 g/mol. The van der Waals surface area contributed by atoms with E-state index in [0.29, 0.717) is 22.6 Å². The van der Waals surface area contributed by atoms with Crippen molar-refractivity contribution in [3.05, 3.63) is 48.7 Å². The number of ether oxygens (including phenoxy) is 2. The highest BCUT2D eigenvalue weighted by molar-refractivity contribution is 5.84. The molecule has 164 valence electrons. The lowest BCUT2D eigenvalue weighted by Crippen LogP contribution is -2.31. The van der Waals surface area contributed by atoms with Gasteiger partial charge in [0, 0.05) is 30.9 Å². The predicted molar refractivity (Wildman–Crippen MR) is 115 cm³/mol. The lowest BCUT2D eigenvalue weighted by Gasteiger charge is -2.24. The largest absolute Gasteiger partial charge is 0.497 e. The molecule has 1 aromatic carbocycles. The third-order valence-corrected chi connectivity index (χ3v) is 4.72. The van der Waals surface area contributed by atoms with Crippen molar-refractivity contribution >= 4 is 28.6 Å². The molecule has 11 heteroatoms. The first-order valence-corrected chi connectivity index (χ1v) is 9.49. The Labute approximate surface area is 182 Å². The highest BCUT2D eigenvalue weighted by Gasteiger charge is 2.22. The van der Waals surface area contributed by atoms with Crippen molar-refractivity contribution in [3.8, 4) is 22.8 Å². The summed E-state index contributed by atoms with van der Waals surface area (Å²) in [6.07, 6.45) is 5.09. The Kier molecular flexibility index (Phi) is 5.54. The summed E-state index contributed by atoms with van der Waals surface area (Å²) >= 11 is 0. The van der Waals surface area contributed by atoms with Crippen LogP contribution in [0.1, 0.15) is 0 Å². The zero-order chi connectivity index (χ0) is 22.8. The molecule has 4 rings (SSSR count). The van der Waals surface area contributed by atoms with Crippen LogP contribution in [0.2, 0.25) is 0 Å². The summed E-state index contributed by atoms with van der Waals surface area (Å²) in [5.41, 5.74) is 7.65. The summed E-state index contributed by atoms with van der Waals surface area (Å²) in [4.78, 5) is 26.6. The minimum absolute atomic E-state index is 0.0169. The molecule has 0 aliphatic heterocycles. The molecule has 0 fully saturated rings. The quantitative estimate of drug-likeness (QED) is 0.467. The molecule has 0 aliphatic carbocycles. The maximum absolute atomic E-state index is 15.1. The number of pyridine rings is 1. The predicted octanol–water partition coefficient (Wildman–Crippen LogP) is 2.21. The van der Waals surface area contributed by atoms with Gasteiger partial charge in [-0.3, -0.25) is 14.5 Å². The monoisotopic (exact) mass is 437 g/mol. The van der Waals surface area contributed by atoms with Crippen LogP contribution in [-0.2, 0) is 11.8 Å². The first kappa shape index (κ1) is 21.0. The van der Waals surface area contributed by atoms with Crippen LogP contribution in [0.4, 0.5) is 15.9 Å². The fourth-order valence-electron chi connectivity index (χ4n) is 3.20. The van der Waals surface area contributed by atoms with Gasteiger partial charge in [0.25, 0.3) is 0 Å². The average Bonchev–Trinajstić information content (AvgIpc) is 3.23. The van der Waals surface area contributed by atoms with Gasteiger partial charge in [-0.1, -0.05) is 0 Å². The molecule has 0 atom stereocenters. The van der Waals surface area contributed by atoms with Gasteiger partial charge in [-0.25, -0.2) is 14.4 Å². The summed E-state index contributed by atoms with van der Waals surface area (Å²) in [5, 5.41) is 4.14. The summed E-state index contributed by atoms with van der Waals surface area (Å²) < 4.78 is 27.1. The van der Waals surface area contributed by atoms with Gasteiger partial charge in [0.15, 0.2) is 17.2 Å².